The molecule has 0 aliphatic carbocycles. The summed E-state index contributed by atoms with van der Waals surface area (Å²) >= 11 is 0. The van der Waals surface area contributed by atoms with Crippen LogP contribution in [-0.4, -0.2) is 19.6 Å². The normalized spacial score (nSPS) is 23.6. The van der Waals surface area contributed by atoms with Gasteiger partial charge in [0, 0.05) is 18.9 Å². The molecule has 0 aromatic carbocycles. The Labute approximate surface area is 67.7 Å². The van der Waals surface area contributed by atoms with Crippen molar-refractivity contribution in [3.8, 4) is 12.3 Å². The zero-order valence-corrected chi connectivity index (χ0v) is 6.84. The van der Waals surface area contributed by atoms with Gasteiger partial charge in [-0.1, -0.05) is 0 Å². The first-order valence-electron chi connectivity index (χ1n) is 3.90. The fourth-order valence-corrected chi connectivity index (χ4v) is 1.34. The number of ether oxygens (including phenoxy) is 1. The predicted octanol–water partition coefficient (Wildman–Crippen LogP) is 1.46. The first kappa shape index (κ1) is 8.13. The van der Waals surface area contributed by atoms with Gasteiger partial charge in [-0.3, -0.25) is 4.99 Å². The van der Waals surface area contributed by atoms with Gasteiger partial charge >= 0.3 is 0 Å². The molecule has 0 N–H and O–H groups in total. The van der Waals surface area contributed by atoms with Crippen LogP contribution in [0, 0.1) is 18.3 Å². The Bertz CT molecular complexity index is 190. The minimum atomic E-state index is 0.374. The van der Waals surface area contributed by atoms with Crippen molar-refractivity contribution < 1.29 is 4.74 Å². The van der Waals surface area contributed by atoms with Crippen LogP contribution in [0.15, 0.2) is 4.99 Å². The third-order valence-corrected chi connectivity index (χ3v) is 1.90. The van der Waals surface area contributed by atoms with Crippen LogP contribution in [0.1, 0.15) is 19.3 Å². The standard InChI is InChI=1S/C9H13NO/c1-3-5-8-6-4-7-10-9(8)11-2/h1,8H,4-7H2,2H3. The maximum atomic E-state index is 5.22. The number of rotatable bonds is 1. The highest BCUT2D eigenvalue weighted by Crippen LogP contribution is 2.18. The molecular weight excluding hydrogens is 138 g/mol. The van der Waals surface area contributed by atoms with E-state index in [0.29, 0.717) is 5.92 Å². The predicted molar refractivity (Wildman–Crippen MR) is 45.5 cm³/mol. The number of hydrogen-bond donors (Lipinski definition) is 0. The van der Waals surface area contributed by atoms with Crippen molar-refractivity contribution in [2.75, 3.05) is 13.7 Å². The van der Waals surface area contributed by atoms with Gasteiger partial charge in [-0.05, 0) is 12.8 Å². The Morgan fingerprint density at radius 3 is 3.27 bits per heavy atom. The Morgan fingerprint density at radius 1 is 1.82 bits per heavy atom. The number of nitrogens with zero attached hydrogens (tertiary/aromatic N) is 1. The molecule has 11 heavy (non-hydrogen) atoms. The van der Waals surface area contributed by atoms with E-state index in [1.165, 1.54) is 0 Å². The van der Waals surface area contributed by atoms with Crippen molar-refractivity contribution in [1.82, 2.24) is 0 Å². The average Bonchev–Trinajstić information content (AvgIpc) is 2.06. The van der Waals surface area contributed by atoms with Crippen LogP contribution in [0.5, 0.6) is 0 Å². The summed E-state index contributed by atoms with van der Waals surface area (Å²) in [6, 6.07) is 0. The minimum absolute atomic E-state index is 0.374. The lowest BCUT2D eigenvalue weighted by Gasteiger charge is -2.19. The van der Waals surface area contributed by atoms with E-state index >= 15 is 0 Å². The molecule has 0 radical (unpaired) electrons. The van der Waals surface area contributed by atoms with E-state index in [9.17, 15) is 0 Å². The smallest absolute Gasteiger partial charge is 0.187 e. The van der Waals surface area contributed by atoms with E-state index in [0.717, 1.165) is 31.7 Å². The van der Waals surface area contributed by atoms with Crippen LogP contribution in [0.3, 0.4) is 0 Å². The Morgan fingerprint density at radius 2 is 2.64 bits per heavy atom. The Hall–Kier alpha value is -0.970. The maximum absolute atomic E-state index is 5.22. The average molecular weight is 151 g/mol. The molecule has 60 valence electrons. The molecule has 0 bridgehead atoms. The summed E-state index contributed by atoms with van der Waals surface area (Å²) in [7, 11) is 1.66. The van der Waals surface area contributed by atoms with Crippen LogP contribution in [0.4, 0.5) is 0 Å². The molecule has 0 aromatic heterocycles. The lowest BCUT2D eigenvalue weighted by molar-refractivity contribution is 0.345. The van der Waals surface area contributed by atoms with Gasteiger partial charge in [0.25, 0.3) is 0 Å². The van der Waals surface area contributed by atoms with Gasteiger partial charge in [0.15, 0.2) is 5.90 Å². The van der Waals surface area contributed by atoms with E-state index in [1.807, 2.05) is 0 Å². The molecule has 1 rings (SSSR count). The van der Waals surface area contributed by atoms with E-state index in [1.54, 1.807) is 7.11 Å². The maximum Gasteiger partial charge on any atom is 0.187 e. The van der Waals surface area contributed by atoms with Crippen molar-refractivity contribution in [2.24, 2.45) is 10.9 Å². The number of hydrogen-bond acceptors (Lipinski definition) is 2. The third kappa shape index (κ3) is 1.98. The molecule has 1 atom stereocenters. The summed E-state index contributed by atoms with van der Waals surface area (Å²) in [5.41, 5.74) is 0. The van der Waals surface area contributed by atoms with Gasteiger partial charge in [0.2, 0.25) is 0 Å². The highest BCUT2D eigenvalue weighted by molar-refractivity contribution is 5.79. The molecule has 0 saturated heterocycles. The molecule has 0 amide bonds. The molecule has 0 spiro atoms. The fourth-order valence-electron chi connectivity index (χ4n) is 1.34. The minimum Gasteiger partial charge on any atom is -0.484 e. The van der Waals surface area contributed by atoms with Crippen LogP contribution in [0.2, 0.25) is 0 Å². The van der Waals surface area contributed by atoms with Gasteiger partial charge in [0.05, 0.1) is 7.11 Å². The first-order valence-corrected chi connectivity index (χ1v) is 3.90. The molecule has 0 fully saturated rings. The van der Waals surface area contributed by atoms with Gasteiger partial charge in [-0.2, -0.15) is 0 Å². The molecule has 0 aromatic rings. The van der Waals surface area contributed by atoms with E-state index in [-0.39, 0.29) is 0 Å². The second-order valence-electron chi connectivity index (χ2n) is 2.67. The van der Waals surface area contributed by atoms with Gasteiger partial charge in [-0.15, -0.1) is 12.3 Å². The number of methoxy groups -OCH3 is 1. The second-order valence-corrected chi connectivity index (χ2v) is 2.67. The SMILES string of the molecule is C#CCC1CCCN=C1OC. The molecule has 2 heteroatoms. The van der Waals surface area contributed by atoms with Gasteiger partial charge < -0.3 is 4.74 Å². The number of aliphatic imine (C=N–C) groups is 1. The molecule has 2 nitrogen and oxygen atoms in total. The highest BCUT2D eigenvalue weighted by Gasteiger charge is 2.18. The highest BCUT2D eigenvalue weighted by atomic mass is 16.5. The Balaban J connectivity index is 2.56. The number of terminal acetylenes is 1. The molecule has 0 saturated carbocycles. The molecule has 1 heterocycles. The van der Waals surface area contributed by atoms with Crippen molar-refractivity contribution in [1.29, 1.82) is 0 Å². The fraction of sp³-hybridized carbons (Fsp3) is 0.667. The summed E-state index contributed by atoms with van der Waals surface area (Å²) in [6.45, 7) is 0.893. The zero-order chi connectivity index (χ0) is 8.10. The van der Waals surface area contributed by atoms with E-state index < -0.39 is 0 Å². The topological polar surface area (TPSA) is 21.6 Å². The third-order valence-electron chi connectivity index (χ3n) is 1.90. The van der Waals surface area contributed by atoms with Crippen LogP contribution >= 0.6 is 0 Å². The van der Waals surface area contributed by atoms with Crippen molar-refractivity contribution in [2.45, 2.75) is 19.3 Å². The quantitative estimate of drug-likeness (QED) is 0.520. The van der Waals surface area contributed by atoms with E-state index in [4.69, 9.17) is 11.2 Å². The van der Waals surface area contributed by atoms with Crippen LogP contribution in [-0.2, 0) is 4.74 Å². The lowest BCUT2D eigenvalue weighted by Crippen LogP contribution is -2.20. The summed E-state index contributed by atoms with van der Waals surface area (Å²) in [5, 5.41) is 0. The second kappa shape index (κ2) is 4.02. The lowest BCUT2D eigenvalue weighted by atomic mass is 9.97. The van der Waals surface area contributed by atoms with Crippen LogP contribution < -0.4 is 0 Å². The Kier molecular flexibility index (Phi) is 2.97. The molecule has 1 unspecified atom stereocenters. The van der Waals surface area contributed by atoms with Crippen molar-refractivity contribution >= 4 is 5.90 Å². The van der Waals surface area contributed by atoms with Crippen molar-refractivity contribution in [3.63, 3.8) is 0 Å². The first-order chi connectivity index (χ1) is 5.38. The van der Waals surface area contributed by atoms with Gasteiger partial charge in [-0.25, -0.2) is 0 Å². The van der Waals surface area contributed by atoms with Crippen molar-refractivity contribution in [3.05, 3.63) is 0 Å². The summed E-state index contributed by atoms with van der Waals surface area (Å²) < 4.78 is 5.11. The molecular formula is C9H13NO. The zero-order valence-electron chi connectivity index (χ0n) is 6.84. The molecule has 1 aliphatic heterocycles. The van der Waals surface area contributed by atoms with E-state index in [2.05, 4.69) is 10.9 Å². The van der Waals surface area contributed by atoms with Gasteiger partial charge in [0.1, 0.15) is 0 Å². The van der Waals surface area contributed by atoms with Crippen LogP contribution in [0.25, 0.3) is 0 Å². The summed E-state index contributed by atoms with van der Waals surface area (Å²) in [5.74, 6) is 3.86. The summed E-state index contributed by atoms with van der Waals surface area (Å²) in [6.07, 6.45) is 8.23. The largest absolute Gasteiger partial charge is 0.484 e. The molecule has 1 aliphatic rings. The summed E-state index contributed by atoms with van der Waals surface area (Å²) in [4.78, 5) is 4.25. The monoisotopic (exact) mass is 151 g/mol.